The van der Waals surface area contributed by atoms with Gasteiger partial charge in [-0.1, -0.05) is 11.6 Å². The first kappa shape index (κ1) is 13.0. The smallest absolute Gasteiger partial charge is 0.323 e. The number of rotatable bonds is 3. The summed E-state index contributed by atoms with van der Waals surface area (Å²) in [5, 5.41) is 13.3. The van der Waals surface area contributed by atoms with E-state index in [1.165, 1.54) is 36.1 Å². The van der Waals surface area contributed by atoms with Gasteiger partial charge < -0.3 is 15.4 Å². The first-order valence-electron chi connectivity index (χ1n) is 5.08. The van der Waals surface area contributed by atoms with Crippen molar-refractivity contribution in [3.63, 3.8) is 0 Å². The highest BCUT2D eigenvalue weighted by Gasteiger charge is 2.20. The van der Waals surface area contributed by atoms with Gasteiger partial charge in [0.05, 0.1) is 7.05 Å². The zero-order chi connectivity index (χ0) is 14.0. The van der Waals surface area contributed by atoms with Crippen molar-refractivity contribution in [2.45, 2.75) is 0 Å². The summed E-state index contributed by atoms with van der Waals surface area (Å²) in [4.78, 5) is 29.5. The molecule has 19 heavy (non-hydrogen) atoms. The van der Waals surface area contributed by atoms with Crippen LogP contribution in [0.15, 0.2) is 24.5 Å². The van der Waals surface area contributed by atoms with Crippen LogP contribution in [0.4, 0.5) is 11.6 Å². The number of nitrogens with zero attached hydrogens (tertiary/aromatic N) is 4. The van der Waals surface area contributed by atoms with E-state index in [-0.39, 0.29) is 22.5 Å². The predicted molar refractivity (Wildman–Crippen MR) is 67.1 cm³/mol. The van der Waals surface area contributed by atoms with Crippen LogP contribution in [0.5, 0.6) is 0 Å². The molecule has 0 unspecified atom stereocenters. The number of carbonyl (C=O) groups excluding carboxylic acids is 1. The molecular weight excluding hydrogens is 274 g/mol. The quantitative estimate of drug-likeness (QED) is 0.523. The Bertz CT molecular complexity index is 654. The minimum atomic E-state index is -0.571. The molecule has 0 fully saturated rings. The molecule has 0 aliphatic rings. The number of halogens is 1. The molecule has 2 rings (SSSR count). The fraction of sp³-hybridized carbons (Fsp3) is 0.100. The van der Waals surface area contributed by atoms with Gasteiger partial charge in [0.15, 0.2) is 5.69 Å². The van der Waals surface area contributed by atoms with E-state index in [2.05, 4.69) is 15.3 Å². The number of nitro groups is 1. The summed E-state index contributed by atoms with van der Waals surface area (Å²) < 4.78 is 1.18. The lowest BCUT2D eigenvalue weighted by atomic mass is 10.4. The van der Waals surface area contributed by atoms with Crippen molar-refractivity contribution in [3.8, 4) is 0 Å². The average Bonchev–Trinajstić information content (AvgIpc) is 2.71. The molecule has 8 nitrogen and oxygen atoms in total. The molecule has 1 amide bonds. The molecule has 98 valence electrons. The number of carbonyl (C=O) groups is 1. The van der Waals surface area contributed by atoms with Crippen molar-refractivity contribution in [2.75, 3.05) is 5.32 Å². The first-order valence-corrected chi connectivity index (χ1v) is 5.46. The SMILES string of the molecule is Cn1c(C(=O)Nc2cc(Cl)ncn2)ccc1[N+](=O)[O-]. The van der Waals surface area contributed by atoms with Gasteiger partial charge in [-0.25, -0.2) is 14.5 Å². The first-order chi connectivity index (χ1) is 8.99. The summed E-state index contributed by atoms with van der Waals surface area (Å²) in [6.45, 7) is 0. The van der Waals surface area contributed by atoms with Crippen molar-refractivity contribution < 1.29 is 9.72 Å². The van der Waals surface area contributed by atoms with Crippen molar-refractivity contribution >= 4 is 29.1 Å². The maximum absolute atomic E-state index is 11.9. The van der Waals surface area contributed by atoms with E-state index >= 15 is 0 Å². The average molecular weight is 282 g/mol. The molecule has 0 aliphatic carbocycles. The largest absolute Gasteiger partial charge is 0.358 e. The molecule has 0 aliphatic heterocycles. The summed E-state index contributed by atoms with van der Waals surface area (Å²) in [5.41, 5.74) is 0.140. The molecule has 0 atom stereocenters. The lowest BCUT2D eigenvalue weighted by Gasteiger charge is -2.03. The number of anilines is 1. The van der Waals surface area contributed by atoms with Crippen molar-refractivity contribution in [1.29, 1.82) is 0 Å². The lowest BCUT2D eigenvalue weighted by molar-refractivity contribution is -0.391. The van der Waals surface area contributed by atoms with Crippen LogP contribution in [0.1, 0.15) is 10.5 Å². The van der Waals surface area contributed by atoms with Crippen LogP contribution in [-0.2, 0) is 7.05 Å². The van der Waals surface area contributed by atoms with Crippen LogP contribution in [0.3, 0.4) is 0 Å². The highest BCUT2D eigenvalue weighted by atomic mass is 35.5. The Morgan fingerprint density at radius 2 is 2.21 bits per heavy atom. The van der Waals surface area contributed by atoms with Gasteiger partial charge in [-0.15, -0.1) is 0 Å². The zero-order valence-electron chi connectivity index (χ0n) is 9.70. The Morgan fingerprint density at radius 3 is 2.79 bits per heavy atom. The Kier molecular flexibility index (Phi) is 3.43. The third kappa shape index (κ3) is 2.68. The van der Waals surface area contributed by atoms with Gasteiger partial charge in [-0.3, -0.25) is 4.79 Å². The number of hydrogen-bond acceptors (Lipinski definition) is 5. The highest BCUT2D eigenvalue weighted by Crippen LogP contribution is 2.16. The Balaban J connectivity index is 2.23. The normalized spacial score (nSPS) is 10.2. The molecule has 0 spiro atoms. The zero-order valence-corrected chi connectivity index (χ0v) is 10.5. The van der Waals surface area contributed by atoms with Crippen LogP contribution in [-0.4, -0.2) is 25.4 Å². The number of aromatic nitrogens is 3. The molecule has 9 heteroatoms. The van der Waals surface area contributed by atoms with E-state index in [0.717, 1.165) is 0 Å². The maximum Gasteiger partial charge on any atom is 0.323 e. The molecule has 0 aromatic carbocycles. The molecule has 1 N–H and O–H groups in total. The molecule has 0 radical (unpaired) electrons. The number of hydrogen-bond donors (Lipinski definition) is 1. The van der Waals surface area contributed by atoms with Crippen molar-refractivity contribution in [1.82, 2.24) is 14.5 Å². The Hall–Kier alpha value is -2.48. The van der Waals surface area contributed by atoms with E-state index < -0.39 is 10.8 Å². The van der Waals surface area contributed by atoms with Gasteiger partial charge in [0.1, 0.15) is 17.3 Å². The summed E-state index contributed by atoms with van der Waals surface area (Å²) in [6, 6.07) is 3.98. The van der Waals surface area contributed by atoms with Crippen molar-refractivity contribution in [2.24, 2.45) is 7.05 Å². The molecule has 2 aromatic rings. The van der Waals surface area contributed by atoms with E-state index in [1.54, 1.807) is 0 Å². The van der Waals surface area contributed by atoms with Crippen LogP contribution >= 0.6 is 11.6 Å². The maximum atomic E-state index is 11.9. The third-order valence-electron chi connectivity index (χ3n) is 2.39. The topological polar surface area (TPSA) is 103 Å². The molecule has 0 saturated carbocycles. The predicted octanol–water partition coefficient (Wildman–Crippen LogP) is 1.63. The minimum Gasteiger partial charge on any atom is -0.358 e. The van der Waals surface area contributed by atoms with Gasteiger partial charge in [0.2, 0.25) is 0 Å². The Labute approximate surface area is 112 Å². The van der Waals surface area contributed by atoms with Crippen molar-refractivity contribution in [3.05, 3.63) is 45.5 Å². The minimum absolute atomic E-state index is 0.140. The molecule has 0 saturated heterocycles. The van der Waals surface area contributed by atoms with Gasteiger partial charge >= 0.3 is 5.82 Å². The number of amides is 1. The standard InChI is InChI=1S/C10H8ClN5O3/c1-15-6(2-3-9(15)16(18)19)10(17)14-8-4-7(11)12-5-13-8/h2-5H,1H3,(H,12,13,14,17). The fourth-order valence-electron chi connectivity index (χ4n) is 1.49. The summed E-state index contributed by atoms with van der Waals surface area (Å²) in [5.74, 6) is -0.481. The molecule has 2 aromatic heterocycles. The fourth-order valence-corrected chi connectivity index (χ4v) is 1.64. The second-order valence-corrected chi connectivity index (χ2v) is 3.96. The second-order valence-electron chi connectivity index (χ2n) is 3.57. The van der Waals surface area contributed by atoms with E-state index in [9.17, 15) is 14.9 Å². The highest BCUT2D eigenvalue weighted by molar-refractivity contribution is 6.29. The molecule has 2 heterocycles. The monoisotopic (exact) mass is 281 g/mol. The summed E-state index contributed by atoms with van der Waals surface area (Å²) >= 11 is 5.65. The van der Waals surface area contributed by atoms with Gasteiger partial charge in [-0.2, -0.15) is 0 Å². The second kappa shape index (κ2) is 5.02. The number of nitrogens with one attached hydrogen (secondary N) is 1. The van der Waals surface area contributed by atoms with Crippen LogP contribution in [0.25, 0.3) is 0 Å². The third-order valence-corrected chi connectivity index (χ3v) is 2.60. The van der Waals surface area contributed by atoms with Gasteiger partial charge in [0, 0.05) is 12.1 Å². The van der Waals surface area contributed by atoms with Gasteiger partial charge in [0.25, 0.3) is 5.91 Å². The van der Waals surface area contributed by atoms with E-state index in [4.69, 9.17) is 11.6 Å². The Morgan fingerprint density at radius 1 is 1.47 bits per heavy atom. The van der Waals surface area contributed by atoms with Gasteiger partial charge in [-0.05, 0) is 11.0 Å². The van der Waals surface area contributed by atoms with Crippen LogP contribution in [0.2, 0.25) is 5.15 Å². The molecule has 0 bridgehead atoms. The summed E-state index contributed by atoms with van der Waals surface area (Å²) in [7, 11) is 1.43. The van der Waals surface area contributed by atoms with Crippen LogP contribution < -0.4 is 5.32 Å². The van der Waals surface area contributed by atoms with Crippen LogP contribution in [0, 0.1) is 10.1 Å². The summed E-state index contributed by atoms with van der Waals surface area (Å²) in [6.07, 6.45) is 1.20. The van der Waals surface area contributed by atoms with E-state index in [1.807, 2.05) is 0 Å². The van der Waals surface area contributed by atoms with E-state index in [0.29, 0.717) is 0 Å². The molecular formula is C10H8ClN5O3. The lowest BCUT2D eigenvalue weighted by Crippen LogP contribution is -2.17.